The van der Waals surface area contributed by atoms with Crippen LogP contribution in [-0.2, 0) is 4.79 Å². The molecule has 0 saturated heterocycles. The smallest absolute Gasteiger partial charge is 0.221 e. The van der Waals surface area contributed by atoms with E-state index in [-0.39, 0.29) is 11.6 Å². The predicted molar refractivity (Wildman–Crippen MR) is 61.9 cm³/mol. The molecule has 16 heavy (non-hydrogen) atoms. The van der Waals surface area contributed by atoms with Gasteiger partial charge in [-0.05, 0) is 37.0 Å². The fourth-order valence-corrected chi connectivity index (χ4v) is 1.50. The van der Waals surface area contributed by atoms with Crippen molar-refractivity contribution < 1.29 is 9.18 Å². The van der Waals surface area contributed by atoms with Crippen LogP contribution in [0, 0.1) is 11.7 Å². The average molecular weight is 222 g/mol. The minimum Gasteiger partial charge on any atom is -0.385 e. The highest BCUT2D eigenvalue weighted by Gasteiger charge is 2.20. The van der Waals surface area contributed by atoms with Gasteiger partial charge in [0.1, 0.15) is 5.82 Å². The van der Waals surface area contributed by atoms with Gasteiger partial charge in [-0.2, -0.15) is 0 Å². The Morgan fingerprint density at radius 1 is 1.50 bits per heavy atom. The molecule has 2 rings (SSSR count). The Balaban J connectivity index is 2.04. The van der Waals surface area contributed by atoms with E-state index in [1.165, 1.54) is 25.8 Å². The molecule has 86 valence electrons. The summed E-state index contributed by atoms with van der Waals surface area (Å²) in [6.07, 6.45) is 2.54. The summed E-state index contributed by atoms with van der Waals surface area (Å²) < 4.78 is 13.3. The lowest BCUT2D eigenvalue weighted by Crippen LogP contribution is -2.09. The number of hydrogen-bond acceptors (Lipinski definition) is 2. The number of halogens is 1. The molecule has 0 heterocycles. The van der Waals surface area contributed by atoms with E-state index in [9.17, 15) is 9.18 Å². The van der Waals surface area contributed by atoms with Crippen LogP contribution in [0.15, 0.2) is 18.2 Å². The topological polar surface area (TPSA) is 41.1 Å². The standard InChI is InChI=1S/C12H15FN2O/c1-8(16)15-12-6-10(4-5-11(12)13)14-7-9-2-3-9/h4-6,9,14H,2-3,7H2,1H3,(H,15,16). The molecule has 0 bridgehead atoms. The van der Waals surface area contributed by atoms with E-state index in [1.54, 1.807) is 12.1 Å². The Bertz CT molecular complexity index is 402. The zero-order valence-electron chi connectivity index (χ0n) is 9.22. The molecule has 1 aromatic rings. The second kappa shape index (κ2) is 4.51. The highest BCUT2D eigenvalue weighted by Crippen LogP contribution is 2.29. The van der Waals surface area contributed by atoms with E-state index in [0.29, 0.717) is 0 Å². The SMILES string of the molecule is CC(=O)Nc1cc(NCC2CC2)ccc1F. The lowest BCUT2D eigenvalue weighted by molar-refractivity contribution is -0.114. The van der Waals surface area contributed by atoms with E-state index in [1.807, 2.05) is 0 Å². The molecule has 1 fully saturated rings. The summed E-state index contributed by atoms with van der Waals surface area (Å²) in [6, 6.07) is 4.67. The molecular formula is C12H15FN2O. The zero-order valence-corrected chi connectivity index (χ0v) is 9.22. The molecule has 2 N–H and O–H groups in total. The van der Waals surface area contributed by atoms with Crippen LogP contribution < -0.4 is 10.6 Å². The van der Waals surface area contributed by atoms with Gasteiger partial charge in [-0.15, -0.1) is 0 Å². The third kappa shape index (κ3) is 2.95. The summed E-state index contributed by atoms with van der Waals surface area (Å²) in [5, 5.41) is 5.69. The van der Waals surface area contributed by atoms with Crippen molar-refractivity contribution in [3.8, 4) is 0 Å². The second-order valence-corrected chi connectivity index (χ2v) is 4.20. The molecule has 0 spiro atoms. The summed E-state index contributed by atoms with van der Waals surface area (Å²) in [7, 11) is 0. The van der Waals surface area contributed by atoms with Crippen molar-refractivity contribution in [3.05, 3.63) is 24.0 Å². The molecule has 1 aliphatic rings. The predicted octanol–water partition coefficient (Wildman–Crippen LogP) is 2.61. The van der Waals surface area contributed by atoms with Gasteiger partial charge in [0, 0.05) is 19.2 Å². The van der Waals surface area contributed by atoms with E-state index < -0.39 is 5.82 Å². The monoisotopic (exact) mass is 222 g/mol. The summed E-state index contributed by atoms with van der Waals surface area (Å²) in [6.45, 7) is 2.29. The molecule has 0 radical (unpaired) electrons. The Hall–Kier alpha value is -1.58. The molecule has 1 saturated carbocycles. The van der Waals surface area contributed by atoms with Crippen LogP contribution in [0.5, 0.6) is 0 Å². The van der Waals surface area contributed by atoms with Gasteiger partial charge in [0.05, 0.1) is 5.69 Å². The summed E-state index contributed by atoms with van der Waals surface area (Å²) in [5.74, 6) is 0.0830. The van der Waals surface area contributed by atoms with Crippen LogP contribution in [0.4, 0.5) is 15.8 Å². The number of nitrogens with one attached hydrogen (secondary N) is 2. The van der Waals surface area contributed by atoms with Gasteiger partial charge in [-0.3, -0.25) is 4.79 Å². The average Bonchev–Trinajstić information content (AvgIpc) is 3.02. The number of carbonyl (C=O) groups excluding carboxylic acids is 1. The second-order valence-electron chi connectivity index (χ2n) is 4.20. The van der Waals surface area contributed by atoms with Gasteiger partial charge in [0.15, 0.2) is 0 Å². The van der Waals surface area contributed by atoms with Gasteiger partial charge >= 0.3 is 0 Å². The van der Waals surface area contributed by atoms with Gasteiger partial charge in [0.2, 0.25) is 5.91 Å². The van der Waals surface area contributed by atoms with Gasteiger partial charge < -0.3 is 10.6 Å². The van der Waals surface area contributed by atoms with Gasteiger partial charge in [-0.25, -0.2) is 4.39 Å². The van der Waals surface area contributed by atoms with Crippen molar-refractivity contribution in [1.29, 1.82) is 0 Å². The van der Waals surface area contributed by atoms with Crippen LogP contribution in [0.3, 0.4) is 0 Å². The summed E-state index contributed by atoms with van der Waals surface area (Å²) in [5.41, 5.74) is 1.07. The van der Waals surface area contributed by atoms with Gasteiger partial charge in [0.25, 0.3) is 0 Å². The van der Waals surface area contributed by atoms with Crippen molar-refractivity contribution in [3.63, 3.8) is 0 Å². The summed E-state index contributed by atoms with van der Waals surface area (Å²) in [4.78, 5) is 10.9. The Kier molecular flexibility index (Phi) is 3.08. The Labute approximate surface area is 94.0 Å². The molecule has 1 aromatic carbocycles. The Morgan fingerprint density at radius 3 is 2.88 bits per heavy atom. The zero-order chi connectivity index (χ0) is 11.5. The maximum absolute atomic E-state index is 13.3. The third-order valence-corrected chi connectivity index (χ3v) is 2.57. The van der Waals surface area contributed by atoms with Crippen molar-refractivity contribution >= 4 is 17.3 Å². The lowest BCUT2D eigenvalue weighted by Gasteiger charge is -2.09. The molecule has 3 nitrogen and oxygen atoms in total. The molecule has 0 aromatic heterocycles. The van der Waals surface area contributed by atoms with E-state index in [2.05, 4.69) is 10.6 Å². The molecule has 0 aliphatic heterocycles. The molecule has 4 heteroatoms. The summed E-state index contributed by atoms with van der Waals surface area (Å²) >= 11 is 0. The largest absolute Gasteiger partial charge is 0.385 e. The minimum atomic E-state index is -0.410. The fraction of sp³-hybridized carbons (Fsp3) is 0.417. The van der Waals surface area contributed by atoms with Crippen LogP contribution in [0.2, 0.25) is 0 Å². The van der Waals surface area contributed by atoms with Crippen LogP contribution >= 0.6 is 0 Å². The van der Waals surface area contributed by atoms with E-state index in [4.69, 9.17) is 0 Å². The normalized spacial score (nSPS) is 14.6. The first-order valence-electron chi connectivity index (χ1n) is 5.46. The molecule has 1 aliphatic carbocycles. The first kappa shape index (κ1) is 10.9. The first-order chi connectivity index (χ1) is 7.65. The molecule has 0 atom stereocenters. The number of carbonyl (C=O) groups is 1. The maximum Gasteiger partial charge on any atom is 0.221 e. The minimum absolute atomic E-state index is 0.230. The molecule has 1 amide bonds. The highest BCUT2D eigenvalue weighted by atomic mass is 19.1. The van der Waals surface area contributed by atoms with Crippen molar-refractivity contribution in [2.45, 2.75) is 19.8 Å². The first-order valence-corrected chi connectivity index (χ1v) is 5.46. The number of benzene rings is 1. The molecular weight excluding hydrogens is 207 g/mol. The van der Waals surface area contributed by atoms with Gasteiger partial charge in [-0.1, -0.05) is 0 Å². The third-order valence-electron chi connectivity index (χ3n) is 2.57. The number of amides is 1. The maximum atomic E-state index is 13.3. The van der Waals surface area contributed by atoms with Crippen molar-refractivity contribution in [1.82, 2.24) is 0 Å². The Morgan fingerprint density at radius 2 is 2.25 bits per heavy atom. The quantitative estimate of drug-likeness (QED) is 0.822. The fourth-order valence-electron chi connectivity index (χ4n) is 1.50. The highest BCUT2D eigenvalue weighted by molar-refractivity contribution is 5.89. The number of hydrogen-bond donors (Lipinski definition) is 2. The molecule has 0 unspecified atom stereocenters. The number of anilines is 2. The van der Waals surface area contributed by atoms with Crippen LogP contribution in [-0.4, -0.2) is 12.5 Å². The lowest BCUT2D eigenvalue weighted by atomic mass is 10.2. The van der Waals surface area contributed by atoms with Crippen molar-refractivity contribution in [2.24, 2.45) is 5.92 Å². The van der Waals surface area contributed by atoms with E-state index in [0.717, 1.165) is 18.2 Å². The van der Waals surface area contributed by atoms with Crippen molar-refractivity contribution in [2.75, 3.05) is 17.2 Å². The van der Waals surface area contributed by atoms with E-state index >= 15 is 0 Å². The van der Waals surface area contributed by atoms with Crippen LogP contribution in [0.25, 0.3) is 0 Å². The van der Waals surface area contributed by atoms with Crippen LogP contribution in [0.1, 0.15) is 19.8 Å². The number of rotatable bonds is 4.